The van der Waals surface area contributed by atoms with E-state index in [1.54, 1.807) is 12.1 Å². The summed E-state index contributed by atoms with van der Waals surface area (Å²) in [6.07, 6.45) is 1.14. The van der Waals surface area contributed by atoms with Crippen molar-refractivity contribution in [3.8, 4) is 0 Å². The first-order valence-electron chi connectivity index (χ1n) is 7.75. The minimum atomic E-state index is -0.113. The van der Waals surface area contributed by atoms with Gasteiger partial charge in [0.2, 0.25) is 0 Å². The standard InChI is InChI=1S/C17H26BrFN2/c1-5-12(2)16-9-20-17(3,4)11-21(16)10-13-8-14(18)6-7-15(13)19/h6-8,12,16,20H,5,9-11H2,1-4H3. The van der Waals surface area contributed by atoms with Gasteiger partial charge >= 0.3 is 0 Å². The molecular weight excluding hydrogens is 331 g/mol. The molecule has 2 rings (SSSR count). The second kappa shape index (κ2) is 6.76. The summed E-state index contributed by atoms with van der Waals surface area (Å²) in [6, 6.07) is 5.66. The predicted octanol–water partition coefficient (Wildman–Crippen LogP) is 4.19. The molecule has 0 amide bonds. The van der Waals surface area contributed by atoms with E-state index in [1.807, 2.05) is 6.07 Å². The molecule has 0 radical (unpaired) electrons. The minimum absolute atomic E-state index is 0.0758. The van der Waals surface area contributed by atoms with Crippen molar-refractivity contribution in [3.05, 3.63) is 34.1 Å². The summed E-state index contributed by atoms with van der Waals surface area (Å²) in [6.45, 7) is 11.5. The molecule has 1 heterocycles. The van der Waals surface area contributed by atoms with Crippen LogP contribution in [0.1, 0.15) is 39.7 Å². The maximum absolute atomic E-state index is 14.1. The number of piperazine rings is 1. The van der Waals surface area contributed by atoms with Gasteiger partial charge in [0.05, 0.1) is 0 Å². The molecule has 1 aliphatic heterocycles. The molecule has 1 aliphatic rings. The molecule has 2 unspecified atom stereocenters. The van der Waals surface area contributed by atoms with E-state index in [1.165, 1.54) is 0 Å². The lowest BCUT2D eigenvalue weighted by Crippen LogP contribution is -2.62. The second-order valence-corrected chi connectivity index (χ2v) is 7.77. The summed E-state index contributed by atoms with van der Waals surface area (Å²) in [4.78, 5) is 2.44. The number of rotatable bonds is 4. The second-order valence-electron chi connectivity index (χ2n) is 6.86. The van der Waals surface area contributed by atoms with Crippen LogP contribution in [0.5, 0.6) is 0 Å². The summed E-state index contributed by atoms with van der Waals surface area (Å²) >= 11 is 3.44. The van der Waals surface area contributed by atoms with Gasteiger partial charge in [0.15, 0.2) is 0 Å². The molecule has 0 aliphatic carbocycles. The van der Waals surface area contributed by atoms with E-state index in [4.69, 9.17) is 0 Å². The number of halogens is 2. The monoisotopic (exact) mass is 356 g/mol. The smallest absolute Gasteiger partial charge is 0.127 e. The highest BCUT2D eigenvalue weighted by atomic mass is 79.9. The highest BCUT2D eigenvalue weighted by Crippen LogP contribution is 2.26. The molecule has 0 saturated carbocycles. The fourth-order valence-corrected chi connectivity index (χ4v) is 3.49. The van der Waals surface area contributed by atoms with E-state index in [-0.39, 0.29) is 11.4 Å². The zero-order chi connectivity index (χ0) is 15.6. The Morgan fingerprint density at radius 1 is 1.48 bits per heavy atom. The van der Waals surface area contributed by atoms with Gasteiger partial charge in [-0.1, -0.05) is 36.2 Å². The van der Waals surface area contributed by atoms with Gasteiger partial charge < -0.3 is 5.32 Å². The van der Waals surface area contributed by atoms with Crippen molar-refractivity contribution in [3.63, 3.8) is 0 Å². The van der Waals surface area contributed by atoms with Crippen LogP contribution in [0.4, 0.5) is 4.39 Å². The van der Waals surface area contributed by atoms with Crippen molar-refractivity contribution < 1.29 is 4.39 Å². The number of hydrogen-bond donors (Lipinski definition) is 1. The lowest BCUT2D eigenvalue weighted by Gasteiger charge is -2.47. The number of hydrogen-bond acceptors (Lipinski definition) is 2. The van der Waals surface area contributed by atoms with E-state index in [2.05, 4.69) is 53.8 Å². The Bertz CT molecular complexity index is 490. The Morgan fingerprint density at radius 3 is 2.86 bits per heavy atom. The van der Waals surface area contributed by atoms with Gasteiger partial charge in [-0.25, -0.2) is 4.39 Å². The normalized spacial score (nSPS) is 24.0. The van der Waals surface area contributed by atoms with Crippen molar-refractivity contribution in [1.82, 2.24) is 10.2 Å². The minimum Gasteiger partial charge on any atom is -0.309 e. The highest BCUT2D eigenvalue weighted by molar-refractivity contribution is 9.10. The molecule has 4 heteroatoms. The van der Waals surface area contributed by atoms with Gasteiger partial charge in [-0.05, 0) is 38.0 Å². The molecular formula is C17H26BrFN2. The third-order valence-corrected chi connectivity index (χ3v) is 5.03. The van der Waals surface area contributed by atoms with Crippen LogP contribution < -0.4 is 5.32 Å². The van der Waals surface area contributed by atoms with Crippen LogP contribution in [0.3, 0.4) is 0 Å². The van der Waals surface area contributed by atoms with Crippen LogP contribution in [-0.2, 0) is 6.54 Å². The third-order valence-electron chi connectivity index (χ3n) is 4.54. The lowest BCUT2D eigenvalue weighted by atomic mass is 9.90. The van der Waals surface area contributed by atoms with Gasteiger partial charge in [0.25, 0.3) is 0 Å². The van der Waals surface area contributed by atoms with E-state index < -0.39 is 0 Å². The molecule has 0 spiro atoms. The molecule has 1 N–H and O–H groups in total. The van der Waals surface area contributed by atoms with Crippen LogP contribution in [-0.4, -0.2) is 29.6 Å². The van der Waals surface area contributed by atoms with Gasteiger partial charge in [-0.15, -0.1) is 0 Å². The maximum atomic E-state index is 14.1. The van der Waals surface area contributed by atoms with Crippen LogP contribution >= 0.6 is 15.9 Å². The maximum Gasteiger partial charge on any atom is 0.127 e. The van der Waals surface area contributed by atoms with Gasteiger partial charge in [-0.3, -0.25) is 4.90 Å². The van der Waals surface area contributed by atoms with Gasteiger partial charge in [-0.2, -0.15) is 0 Å². The van der Waals surface area contributed by atoms with Crippen molar-refractivity contribution >= 4 is 15.9 Å². The molecule has 1 aromatic rings. The Labute approximate surface area is 136 Å². The summed E-state index contributed by atoms with van der Waals surface area (Å²) in [5, 5.41) is 3.62. The number of benzene rings is 1. The average molecular weight is 357 g/mol. The van der Waals surface area contributed by atoms with Crippen molar-refractivity contribution in [2.45, 2.75) is 52.2 Å². The molecule has 0 aromatic heterocycles. The third kappa shape index (κ3) is 4.27. The SMILES string of the molecule is CCC(C)C1CNC(C)(C)CN1Cc1cc(Br)ccc1F. The van der Waals surface area contributed by atoms with E-state index in [0.717, 1.165) is 29.5 Å². The summed E-state index contributed by atoms with van der Waals surface area (Å²) in [5.41, 5.74) is 0.849. The first-order chi connectivity index (χ1) is 9.82. The fourth-order valence-electron chi connectivity index (χ4n) is 3.08. The zero-order valence-corrected chi connectivity index (χ0v) is 15.0. The first kappa shape index (κ1) is 16.9. The topological polar surface area (TPSA) is 15.3 Å². The van der Waals surface area contributed by atoms with Crippen LogP contribution in [0.15, 0.2) is 22.7 Å². The molecule has 118 valence electrons. The van der Waals surface area contributed by atoms with E-state index in [0.29, 0.717) is 18.5 Å². The lowest BCUT2D eigenvalue weighted by molar-refractivity contribution is 0.0562. The van der Waals surface area contributed by atoms with E-state index >= 15 is 0 Å². The predicted molar refractivity (Wildman–Crippen MR) is 89.8 cm³/mol. The Morgan fingerprint density at radius 2 is 2.19 bits per heavy atom. The molecule has 1 fully saturated rings. The largest absolute Gasteiger partial charge is 0.309 e. The summed E-state index contributed by atoms with van der Waals surface area (Å²) in [7, 11) is 0. The first-order valence-corrected chi connectivity index (χ1v) is 8.54. The van der Waals surface area contributed by atoms with Crippen molar-refractivity contribution in [2.75, 3.05) is 13.1 Å². The molecule has 2 nitrogen and oxygen atoms in total. The average Bonchev–Trinajstić information content (AvgIpc) is 2.41. The fraction of sp³-hybridized carbons (Fsp3) is 0.647. The Kier molecular flexibility index (Phi) is 5.44. The van der Waals surface area contributed by atoms with E-state index in [9.17, 15) is 4.39 Å². The van der Waals surface area contributed by atoms with Crippen LogP contribution in [0.2, 0.25) is 0 Å². The quantitative estimate of drug-likeness (QED) is 0.869. The highest BCUT2D eigenvalue weighted by Gasteiger charge is 2.34. The Hall–Kier alpha value is -0.450. The molecule has 21 heavy (non-hydrogen) atoms. The molecule has 1 aromatic carbocycles. The summed E-state index contributed by atoms with van der Waals surface area (Å²) < 4.78 is 15.0. The summed E-state index contributed by atoms with van der Waals surface area (Å²) in [5.74, 6) is 0.487. The van der Waals surface area contributed by atoms with Crippen molar-refractivity contribution in [1.29, 1.82) is 0 Å². The van der Waals surface area contributed by atoms with Gasteiger partial charge in [0.1, 0.15) is 5.82 Å². The van der Waals surface area contributed by atoms with Gasteiger partial charge in [0, 0.05) is 41.3 Å². The number of nitrogens with one attached hydrogen (secondary N) is 1. The zero-order valence-electron chi connectivity index (χ0n) is 13.4. The molecule has 0 bridgehead atoms. The van der Waals surface area contributed by atoms with Crippen LogP contribution in [0, 0.1) is 11.7 Å². The van der Waals surface area contributed by atoms with Crippen LogP contribution in [0.25, 0.3) is 0 Å². The molecule has 2 atom stereocenters. The van der Waals surface area contributed by atoms with Crippen molar-refractivity contribution in [2.24, 2.45) is 5.92 Å². The molecule has 1 saturated heterocycles. The Balaban J connectivity index is 2.21. The number of nitrogens with zero attached hydrogens (tertiary/aromatic N) is 1.